The Labute approximate surface area is 48.8 Å². The fourth-order valence-corrected chi connectivity index (χ4v) is 1.26. The highest BCUT2D eigenvalue weighted by atomic mass is 16.7. The molecular formula is C6H9O2. The summed E-state index contributed by atoms with van der Waals surface area (Å²) in [6.45, 7) is 2.75. The standard InChI is InChI=1S/C6H9O2/c1-3-7-6-5(1)2-4-8-6/h3,5-6H,1-2,4H2. The molecule has 2 heterocycles. The van der Waals surface area contributed by atoms with Crippen molar-refractivity contribution in [3.8, 4) is 0 Å². The van der Waals surface area contributed by atoms with Crippen LogP contribution in [0.1, 0.15) is 12.8 Å². The molecule has 0 N–H and O–H groups in total. The molecule has 2 nitrogen and oxygen atoms in total. The molecule has 1 radical (unpaired) electrons. The maximum atomic E-state index is 5.22. The van der Waals surface area contributed by atoms with Crippen LogP contribution in [0.15, 0.2) is 0 Å². The lowest BCUT2D eigenvalue weighted by Crippen LogP contribution is -2.08. The molecule has 0 aromatic heterocycles. The largest absolute Gasteiger partial charge is 0.352 e. The number of fused-ring (bicyclic) bond motifs is 1. The lowest BCUT2D eigenvalue weighted by atomic mass is 10.1. The van der Waals surface area contributed by atoms with Crippen molar-refractivity contribution >= 4 is 0 Å². The normalized spacial score (nSPS) is 45.0. The first-order valence-electron chi connectivity index (χ1n) is 3.05. The first-order chi connectivity index (χ1) is 3.97. The molecule has 0 saturated carbocycles. The van der Waals surface area contributed by atoms with Gasteiger partial charge in [-0.2, -0.15) is 0 Å². The van der Waals surface area contributed by atoms with E-state index in [1.54, 1.807) is 0 Å². The van der Waals surface area contributed by atoms with Crippen LogP contribution in [-0.2, 0) is 9.47 Å². The molecule has 0 spiro atoms. The zero-order chi connectivity index (χ0) is 5.40. The molecule has 2 unspecified atom stereocenters. The van der Waals surface area contributed by atoms with Crippen LogP contribution in [0.25, 0.3) is 0 Å². The highest BCUT2D eigenvalue weighted by Gasteiger charge is 2.33. The Hall–Kier alpha value is -0.0800. The van der Waals surface area contributed by atoms with E-state index in [1.807, 2.05) is 6.61 Å². The fourth-order valence-electron chi connectivity index (χ4n) is 1.26. The topological polar surface area (TPSA) is 18.5 Å². The van der Waals surface area contributed by atoms with Crippen molar-refractivity contribution in [1.29, 1.82) is 0 Å². The fraction of sp³-hybridized carbons (Fsp3) is 0.833. The van der Waals surface area contributed by atoms with E-state index in [0.29, 0.717) is 5.92 Å². The van der Waals surface area contributed by atoms with Gasteiger partial charge in [-0.3, -0.25) is 0 Å². The molecule has 2 atom stereocenters. The minimum absolute atomic E-state index is 0.120. The van der Waals surface area contributed by atoms with Gasteiger partial charge in [0.2, 0.25) is 0 Å². The summed E-state index contributed by atoms with van der Waals surface area (Å²) < 4.78 is 10.4. The van der Waals surface area contributed by atoms with Gasteiger partial charge in [0.15, 0.2) is 6.29 Å². The highest BCUT2D eigenvalue weighted by molar-refractivity contribution is 4.79. The monoisotopic (exact) mass is 113 g/mol. The van der Waals surface area contributed by atoms with Crippen molar-refractivity contribution in [2.45, 2.75) is 19.1 Å². The second-order valence-corrected chi connectivity index (χ2v) is 2.33. The lowest BCUT2D eigenvalue weighted by molar-refractivity contribution is -0.0739. The molecule has 8 heavy (non-hydrogen) atoms. The van der Waals surface area contributed by atoms with E-state index >= 15 is 0 Å². The summed E-state index contributed by atoms with van der Waals surface area (Å²) in [5, 5.41) is 0. The second-order valence-electron chi connectivity index (χ2n) is 2.33. The molecule has 2 rings (SSSR count). The SMILES string of the molecule is [CH]1CC2CCOC2O1. The van der Waals surface area contributed by atoms with Gasteiger partial charge < -0.3 is 9.47 Å². The summed E-state index contributed by atoms with van der Waals surface area (Å²) >= 11 is 0. The minimum Gasteiger partial charge on any atom is -0.352 e. The molecule has 2 fully saturated rings. The van der Waals surface area contributed by atoms with Gasteiger partial charge in [-0.1, -0.05) is 0 Å². The molecule has 2 aliphatic rings. The molecule has 0 aromatic rings. The Morgan fingerprint density at radius 2 is 2.50 bits per heavy atom. The number of hydrogen-bond donors (Lipinski definition) is 0. The van der Waals surface area contributed by atoms with Crippen molar-refractivity contribution < 1.29 is 9.47 Å². The Bertz CT molecular complexity index is 72.5. The molecule has 2 heteroatoms. The number of rotatable bonds is 0. The maximum Gasteiger partial charge on any atom is 0.161 e. The maximum absolute atomic E-state index is 5.22. The van der Waals surface area contributed by atoms with Crippen molar-refractivity contribution in [3.63, 3.8) is 0 Å². The van der Waals surface area contributed by atoms with Gasteiger partial charge >= 0.3 is 0 Å². The van der Waals surface area contributed by atoms with Crippen LogP contribution in [0, 0.1) is 12.5 Å². The van der Waals surface area contributed by atoms with Crippen molar-refractivity contribution in [1.82, 2.24) is 0 Å². The molecule has 0 amide bonds. The predicted molar refractivity (Wildman–Crippen MR) is 27.8 cm³/mol. The summed E-state index contributed by atoms with van der Waals surface area (Å²) in [6.07, 6.45) is 2.39. The van der Waals surface area contributed by atoms with Crippen LogP contribution >= 0.6 is 0 Å². The third-order valence-corrected chi connectivity index (χ3v) is 1.78. The van der Waals surface area contributed by atoms with E-state index in [4.69, 9.17) is 9.47 Å². The van der Waals surface area contributed by atoms with Gasteiger partial charge in [0.25, 0.3) is 0 Å². The van der Waals surface area contributed by atoms with Gasteiger partial charge in [-0.25, -0.2) is 0 Å². The summed E-state index contributed by atoms with van der Waals surface area (Å²) in [5.41, 5.74) is 0. The summed E-state index contributed by atoms with van der Waals surface area (Å²) in [4.78, 5) is 0. The molecule has 0 aromatic carbocycles. The molecule has 0 aliphatic carbocycles. The van der Waals surface area contributed by atoms with Gasteiger partial charge in [0.05, 0.1) is 13.2 Å². The molecule has 2 aliphatic heterocycles. The first kappa shape index (κ1) is 4.77. The highest BCUT2D eigenvalue weighted by Crippen LogP contribution is 2.32. The van der Waals surface area contributed by atoms with E-state index in [2.05, 4.69) is 0 Å². The van der Waals surface area contributed by atoms with Crippen LogP contribution in [0.2, 0.25) is 0 Å². The molecule has 45 valence electrons. The van der Waals surface area contributed by atoms with Gasteiger partial charge in [-0.15, -0.1) is 0 Å². The van der Waals surface area contributed by atoms with Crippen molar-refractivity contribution in [2.24, 2.45) is 5.92 Å². The summed E-state index contributed by atoms with van der Waals surface area (Å²) in [6, 6.07) is 0. The summed E-state index contributed by atoms with van der Waals surface area (Å²) in [5.74, 6) is 0.676. The van der Waals surface area contributed by atoms with Gasteiger partial charge in [0.1, 0.15) is 0 Å². The van der Waals surface area contributed by atoms with Crippen LogP contribution in [-0.4, -0.2) is 12.9 Å². The van der Waals surface area contributed by atoms with E-state index in [1.165, 1.54) is 6.42 Å². The minimum atomic E-state index is 0.120. The summed E-state index contributed by atoms with van der Waals surface area (Å²) in [7, 11) is 0. The molecule has 2 saturated heterocycles. The number of hydrogen-bond acceptors (Lipinski definition) is 2. The van der Waals surface area contributed by atoms with E-state index in [9.17, 15) is 0 Å². The van der Waals surface area contributed by atoms with Crippen LogP contribution in [0.3, 0.4) is 0 Å². The first-order valence-corrected chi connectivity index (χ1v) is 3.05. The second kappa shape index (κ2) is 1.71. The van der Waals surface area contributed by atoms with Gasteiger partial charge in [0, 0.05) is 5.92 Å². The predicted octanol–water partition coefficient (Wildman–Crippen LogP) is 0.931. The Balaban J connectivity index is 2.04. The average Bonchev–Trinajstić information content (AvgIpc) is 2.15. The van der Waals surface area contributed by atoms with E-state index < -0.39 is 0 Å². The van der Waals surface area contributed by atoms with Crippen LogP contribution in [0.5, 0.6) is 0 Å². The zero-order valence-electron chi connectivity index (χ0n) is 4.67. The Morgan fingerprint density at radius 3 is 3.38 bits per heavy atom. The number of ether oxygens (including phenoxy) is 2. The van der Waals surface area contributed by atoms with Crippen molar-refractivity contribution in [2.75, 3.05) is 6.61 Å². The van der Waals surface area contributed by atoms with Crippen molar-refractivity contribution in [3.05, 3.63) is 6.61 Å². The Kier molecular flexibility index (Phi) is 1.02. The smallest absolute Gasteiger partial charge is 0.161 e. The zero-order valence-corrected chi connectivity index (χ0v) is 4.67. The molecular weight excluding hydrogens is 104 g/mol. The average molecular weight is 113 g/mol. The van der Waals surface area contributed by atoms with E-state index in [-0.39, 0.29) is 6.29 Å². The third-order valence-electron chi connectivity index (χ3n) is 1.78. The lowest BCUT2D eigenvalue weighted by Gasteiger charge is -2.03. The third kappa shape index (κ3) is 0.565. The van der Waals surface area contributed by atoms with Crippen LogP contribution in [0.4, 0.5) is 0 Å². The molecule has 0 bridgehead atoms. The van der Waals surface area contributed by atoms with Crippen LogP contribution < -0.4 is 0 Å². The quantitative estimate of drug-likeness (QED) is 0.465. The van der Waals surface area contributed by atoms with Gasteiger partial charge in [-0.05, 0) is 12.8 Å². The Morgan fingerprint density at radius 1 is 1.50 bits per heavy atom. The van der Waals surface area contributed by atoms with E-state index in [0.717, 1.165) is 13.0 Å².